The monoisotopic (exact) mass is 278 g/mol. The van der Waals surface area contributed by atoms with Crippen LogP contribution in [-0.2, 0) is 16.0 Å². The summed E-state index contributed by atoms with van der Waals surface area (Å²) in [6.45, 7) is 7.64. The van der Waals surface area contributed by atoms with E-state index in [1.165, 1.54) is 31.9 Å². The quantitative estimate of drug-likeness (QED) is 0.557. The van der Waals surface area contributed by atoms with Crippen LogP contribution in [0, 0.1) is 6.92 Å². The summed E-state index contributed by atoms with van der Waals surface area (Å²) in [5.41, 5.74) is 1.40. The molecule has 3 heteroatoms. The first-order valence-corrected chi connectivity index (χ1v) is 7.27. The lowest BCUT2D eigenvalue weighted by atomic mass is 10.0. The second kappa shape index (κ2) is 7.32. The Morgan fingerprint density at radius 2 is 1.95 bits per heavy atom. The van der Waals surface area contributed by atoms with Gasteiger partial charge in [0.15, 0.2) is 5.60 Å². The molecule has 0 aromatic heterocycles. The highest BCUT2D eigenvalue weighted by Crippen LogP contribution is 2.25. The molecule has 0 saturated carbocycles. The van der Waals surface area contributed by atoms with E-state index in [0.29, 0.717) is 0 Å². The smallest absolute Gasteiger partial charge is 0.349 e. The Morgan fingerprint density at radius 3 is 2.50 bits per heavy atom. The number of carbonyl (C=O) groups excluding carboxylic acids is 1. The molecule has 1 aromatic rings. The zero-order valence-electron chi connectivity index (χ0n) is 13.3. The number of carbonyl (C=O) groups is 1. The van der Waals surface area contributed by atoms with Crippen LogP contribution in [0.1, 0.15) is 51.2 Å². The number of unbranched alkanes of at least 4 members (excludes halogenated alkanes) is 2. The molecule has 20 heavy (non-hydrogen) atoms. The van der Waals surface area contributed by atoms with Gasteiger partial charge in [0.25, 0.3) is 0 Å². The van der Waals surface area contributed by atoms with E-state index in [0.717, 1.165) is 17.7 Å². The van der Waals surface area contributed by atoms with Crippen molar-refractivity contribution in [3.8, 4) is 5.75 Å². The number of ether oxygens (including phenoxy) is 2. The van der Waals surface area contributed by atoms with E-state index in [2.05, 4.69) is 19.1 Å². The van der Waals surface area contributed by atoms with Gasteiger partial charge in [-0.05, 0) is 50.8 Å². The molecular weight excluding hydrogens is 252 g/mol. The van der Waals surface area contributed by atoms with Crippen molar-refractivity contribution in [1.82, 2.24) is 0 Å². The van der Waals surface area contributed by atoms with Crippen LogP contribution in [0.25, 0.3) is 0 Å². The molecule has 0 radical (unpaired) electrons. The van der Waals surface area contributed by atoms with Gasteiger partial charge in [-0.15, -0.1) is 0 Å². The maximum Gasteiger partial charge on any atom is 0.349 e. The van der Waals surface area contributed by atoms with Crippen LogP contribution >= 0.6 is 0 Å². The molecule has 0 unspecified atom stereocenters. The van der Waals surface area contributed by atoms with Crippen molar-refractivity contribution in [2.24, 2.45) is 0 Å². The van der Waals surface area contributed by atoms with E-state index in [-0.39, 0.29) is 5.97 Å². The number of hydrogen-bond donors (Lipinski definition) is 0. The molecule has 0 bridgehead atoms. The minimum absolute atomic E-state index is 0.371. The summed E-state index contributed by atoms with van der Waals surface area (Å²) in [5, 5.41) is 0. The van der Waals surface area contributed by atoms with Gasteiger partial charge < -0.3 is 9.47 Å². The molecule has 0 saturated heterocycles. The third-order valence-corrected chi connectivity index (χ3v) is 3.35. The Bertz CT molecular complexity index is 450. The summed E-state index contributed by atoms with van der Waals surface area (Å²) in [4.78, 5) is 11.6. The van der Waals surface area contributed by atoms with Crippen LogP contribution in [0.15, 0.2) is 18.2 Å². The van der Waals surface area contributed by atoms with E-state index >= 15 is 0 Å². The average Bonchev–Trinajstić information content (AvgIpc) is 2.41. The average molecular weight is 278 g/mol. The summed E-state index contributed by atoms with van der Waals surface area (Å²) in [5.74, 6) is 0.364. The van der Waals surface area contributed by atoms with Crippen molar-refractivity contribution in [2.45, 2.75) is 59.0 Å². The summed E-state index contributed by atoms with van der Waals surface area (Å²) in [6.07, 6.45) is 4.79. The lowest BCUT2D eigenvalue weighted by Gasteiger charge is -2.24. The van der Waals surface area contributed by atoms with E-state index in [9.17, 15) is 4.79 Å². The van der Waals surface area contributed by atoms with Gasteiger partial charge in [-0.2, -0.15) is 0 Å². The maximum absolute atomic E-state index is 11.6. The van der Waals surface area contributed by atoms with Crippen LogP contribution in [0.2, 0.25) is 0 Å². The molecule has 112 valence electrons. The topological polar surface area (TPSA) is 35.5 Å². The normalized spacial score (nSPS) is 11.2. The van der Waals surface area contributed by atoms with Crippen molar-refractivity contribution in [2.75, 3.05) is 7.11 Å². The van der Waals surface area contributed by atoms with Crippen LogP contribution < -0.4 is 4.74 Å². The number of benzene rings is 1. The summed E-state index contributed by atoms with van der Waals surface area (Å²) >= 11 is 0. The van der Waals surface area contributed by atoms with Crippen LogP contribution in [0.5, 0.6) is 5.75 Å². The highest BCUT2D eigenvalue weighted by Gasteiger charge is 2.31. The van der Waals surface area contributed by atoms with Crippen molar-refractivity contribution < 1.29 is 14.3 Å². The van der Waals surface area contributed by atoms with E-state index in [4.69, 9.17) is 9.47 Å². The first kappa shape index (κ1) is 16.5. The van der Waals surface area contributed by atoms with Gasteiger partial charge in [0.1, 0.15) is 5.75 Å². The molecule has 1 rings (SSSR count). The summed E-state index contributed by atoms with van der Waals surface area (Å²) in [7, 11) is 1.37. The van der Waals surface area contributed by atoms with Crippen molar-refractivity contribution in [3.63, 3.8) is 0 Å². The fourth-order valence-electron chi connectivity index (χ4n) is 2.12. The van der Waals surface area contributed by atoms with Gasteiger partial charge >= 0.3 is 5.97 Å². The molecule has 0 aliphatic heterocycles. The fraction of sp³-hybridized carbons (Fsp3) is 0.588. The second-order valence-electron chi connectivity index (χ2n) is 5.66. The third-order valence-electron chi connectivity index (χ3n) is 3.35. The van der Waals surface area contributed by atoms with Gasteiger partial charge in [-0.25, -0.2) is 4.79 Å². The molecule has 0 atom stereocenters. The molecule has 0 aliphatic carbocycles. The highest BCUT2D eigenvalue weighted by molar-refractivity contribution is 5.78. The number of rotatable bonds is 7. The van der Waals surface area contributed by atoms with Gasteiger partial charge in [-0.1, -0.05) is 31.9 Å². The molecule has 0 heterocycles. The summed E-state index contributed by atoms with van der Waals surface area (Å²) in [6, 6.07) is 6.16. The minimum atomic E-state index is -0.969. The van der Waals surface area contributed by atoms with Crippen molar-refractivity contribution >= 4 is 5.97 Å². The molecule has 0 aliphatic rings. The molecule has 0 amide bonds. The Morgan fingerprint density at radius 1 is 1.25 bits per heavy atom. The van der Waals surface area contributed by atoms with Gasteiger partial charge in [0.05, 0.1) is 7.11 Å². The Kier molecular flexibility index (Phi) is 6.05. The van der Waals surface area contributed by atoms with Crippen molar-refractivity contribution in [3.05, 3.63) is 29.3 Å². The predicted octanol–water partition coefficient (Wildman–Crippen LogP) is 4.06. The molecule has 1 aromatic carbocycles. The Hall–Kier alpha value is -1.51. The molecule has 0 spiro atoms. The van der Waals surface area contributed by atoms with Crippen molar-refractivity contribution in [1.29, 1.82) is 0 Å². The number of aryl methyl sites for hydroxylation is 2. The number of methoxy groups -OCH3 is 1. The first-order valence-electron chi connectivity index (χ1n) is 7.27. The van der Waals surface area contributed by atoms with E-state index in [1.54, 1.807) is 13.8 Å². The largest absolute Gasteiger partial charge is 0.476 e. The van der Waals surface area contributed by atoms with Crippen LogP contribution in [0.4, 0.5) is 0 Å². The lowest BCUT2D eigenvalue weighted by molar-refractivity contribution is -0.156. The maximum atomic E-state index is 11.6. The fourth-order valence-corrected chi connectivity index (χ4v) is 2.12. The van der Waals surface area contributed by atoms with Gasteiger partial charge in [0, 0.05) is 0 Å². The molecule has 0 N–H and O–H groups in total. The standard InChI is InChI=1S/C17H26O3/c1-6-7-8-9-14-10-11-15(13(2)12-14)20-17(3,4)16(18)19-5/h10-12H,6-9H2,1-5H3. The first-order chi connectivity index (χ1) is 9.40. The van der Waals surface area contributed by atoms with E-state index < -0.39 is 5.60 Å². The minimum Gasteiger partial charge on any atom is -0.476 e. The van der Waals surface area contributed by atoms with Gasteiger partial charge in [0.2, 0.25) is 0 Å². The zero-order valence-corrected chi connectivity index (χ0v) is 13.3. The predicted molar refractivity (Wildman–Crippen MR) is 81.1 cm³/mol. The molecule has 0 fully saturated rings. The highest BCUT2D eigenvalue weighted by atomic mass is 16.6. The molecule has 3 nitrogen and oxygen atoms in total. The Labute approximate surface area is 122 Å². The molecular formula is C17H26O3. The van der Waals surface area contributed by atoms with Gasteiger partial charge in [-0.3, -0.25) is 0 Å². The lowest BCUT2D eigenvalue weighted by Crippen LogP contribution is -2.39. The van der Waals surface area contributed by atoms with Crippen LogP contribution in [-0.4, -0.2) is 18.7 Å². The Balaban J connectivity index is 2.75. The third kappa shape index (κ3) is 4.55. The summed E-state index contributed by atoms with van der Waals surface area (Å²) < 4.78 is 10.5. The SMILES string of the molecule is CCCCCc1ccc(OC(C)(C)C(=O)OC)c(C)c1. The van der Waals surface area contributed by atoms with E-state index in [1.807, 2.05) is 13.0 Å². The number of esters is 1. The van der Waals surface area contributed by atoms with Crippen LogP contribution in [0.3, 0.4) is 0 Å². The second-order valence-corrected chi connectivity index (χ2v) is 5.66. The zero-order chi connectivity index (χ0) is 15.2. The number of hydrogen-bond acceptors (Lipinski definition) is 3.